The van der Waals surface area contributed by atoms with Gasteiger partial charge in [-0.05, 0) is 39.5 Å². The van der Waals surface area contributed by atoms with Gasteiger partial charge in [-0.1, -0.05) is 0 Å². The van der Waals surface area contributed by atoms with Crippen LogP contribution < -0.4 is 10.6 Å². The van der Waals surface area contributed by atoms with Crippen molar-refractivity contribution in [1.82, 2.24) is 10.6 Å². The smallest absolute Gasteiger partial charge is 0.407 e. The molecule has 2 rings (SSSR count). The van der Waals surface area contributed by atoms with Crippen molar-refractivity contribution in [2.24, 2.45) is 5.92 Å². The van der Waals surface area contributed by atoms with Crippen LogP contribution in [0.25, 0.3) is 0 Å². The van der Waals surface area contributed by atoms with Gasteiger partial charge in [0.1, 0.15) is 5.60 Å². The van der Waals surface area contributed by atoms with Crippen LogP contribution >= 0.6 is 0 Å². The molecule has 0 unspecified atom stereocenters. The van der Waals surface area contributed by atoms with Crippen LogP contribution in [0.15, 0.2) is 0 Å². The fraction of sp³-hybridized carbons (Fsp3) is 0.909. The Balaban J connectivity index is 1.80. The Labute approximate surface area is 90.8 Å². The Morgan fingerprint density at radius 1 is 1.40 bits per heavy atom. The summed E-state index contributed by atoms with van der Waals surface area (Å²) in [6.45, 7) is 6.68. The lowest BCUT2D eigenvalue weighted by atomic mass is 10.0. The predicted molar refractivity (Wildman–Crippen MR) is 57.7 cm³/mol. The number of hydrogen-bond donors (Lipinski definition) is 2. The minimum absolute atomic E-state index is 0.278. The molecule has 0 aromatic carbocycles. The minimum Gasteiger partial charge on any atom is -0.444 e. The molecule has 2 fully saturated rings. The van der Waals surface area contributed by atoms with Gasteiger partial charge < -0.3 is 15.4 Å². The van der Waals surface area contributed by atoms with Crippen LogP contribution in [0, 0.1) is 5.92 Å². The van der Waals surface area contributed by atoms with E-state index in [0.717, 1.165) is 13.0 Å². The Morgan fingerprint density at radius 3 is 2.60 bits per heavy atom. The van der Waals surface area contributed by atoms with Crippen LogP contribution in [0.3, 0.4) is 0 Å². The highest BCUT2D eigenvalue weighted by Gasteiger charge is 2.40. The van der Waals surface area contributed by atoms with Gasteiger partial charge in [0.25, 0.3) is 0 Å². The summed E-state index contributed by atoms with van der Waals surface area (Å²) in [7, 11) is 0. The van der Waals surface area contributed by atoms with Crippen molar-refractivity contribution in [3.63, 3.8) is 0 Å². The van der Waals surface area contributed by atoms with E-state index in [2.05, 4.69) is 10.6 Å². The fourth-order valence-electron chi connectivity index (χ4n) is 2.47. The van der Waals surface area contributed by atoms with Gasteiger partial charge in [0, 0.05) is 18.6 Å². The lowest BCUT2D eigenvalue weighted by Gasteiger charge is -2.26. The van der Waals surface area contributed by atoms with Crippen LogP contribution in [0.2, 0.25) is 0 Å². The zero-order valence-corrected chi connectivity index (χ0v) is 9.67. The first-order chi connectivity index (χ1) is 6.94. The van der Waals surface area contributed by atoms with Gasteiger partial charge in [-0.2, -0.15) is 0 Å². The van der Waals surface area contributed by atoms with Crippen molar-refractivity contribution in [3.8, 4) is 0 Å². The summed E-state index contributed by atoms with van der Waals surface area (Å²) in [5, 5.41) is 6.38. The molecule has 1 heterocycles. The molecule has 0 aromatic heterocycles. The number of nitrogens with one attached hydrogen (secondary N) is 2. The largest absolute Gasteiger partial charge is 0.444 e. The third-order valence-corrected chi connectivity index (χ3v) is 3.07. The molecule has 0 spiro atoms. The molecule has 1 aliphatic heterocycles. The summed E-state index contributed by atoms with van der Waals surface area (Å²) in [5.41, 5.74) is -0.403. The van der Waals surface area contributed by atoms with Gasteiger partial charge >= 0.3 is 6.09 Å². The third kappa shape index (κ3) is 2.62. The number of rotatable bonds is 1. The molecule has 2 bridgehead atoms. The molecule has 1 aliphatic carbocycles. The van der Waals surface area contributed by atoms with Gasteiger partial charge in [0.15, 0.2) is 0 Å². The Morgan fingerprint density at radius 2 is 2.13 bits per heavy atom. The highest BCUT2D eigenvalue weighted by atomic mass is 16.6. The van der Waals surface area contributed by atoms with Gasteiger partial charge in [-0.15, -0.1) is 0 Å². The first kappa shape index (κ1) is 10.7. The molecule has 15 heavy (non-hydrogen) atoms. The van der Waals surface area contributed by atoms with Crippen LogP contribution in [0.4, 0.5) is 4.79 Å². The van der Waals surface area contributed by atoms with E-state index in [-0.39, 0.29) is 6.09 Å². The first-order valence-electron chi connectivity index (χ1n) is 5.67. The minimum atomic E-state index is -0.403. The van der Waals surface area contributed by atoms with Crippen molar-refractivity contribution < 1.29 is 9.53 Å². The Kier molecular flexibility index (Phi) is 2.63. The van der Waals surface area contributed by atoms with E-state index >= 15 is 0 Å². The van der Waals surface area contributed by atoms with Crippen molar-refractivity contribution in [3.05, 3.63) is 0 Å². The normalized spacial score (nSPS) is 34.2. The maximum Gasteiger partial charge on any atom is 0.407 e. The van der Waals surface area contributed by atoms with E-state index in [4.69, 9.17) is 4.74 Å². The molecule has 1 amide bonds. The number of fused-ring (bicyclic) bond motifs is 2. The SMILES string of the molecule is CC(C)(C)OC(=O)N[C@@H]1C[C@@H]2C[C@H]1CN2. The Bertz CT molecular complexity index is 260. The molecule has 2 aliphatic rings. The van der Waals surface area contributed by atoms with Crippen LogP contribution in [0.1, 0.15) is 33.6 Å². The molecule has 3 atom stereocenters. The molecular formula is C11H20N2O2. The topological polar surface area (TPSA) is 50.4 Å². The summed E-state index contributed by atoms with van der Waals surface area (Å²) in [6.07, 6.45) is 1.96. The van der Waals surface area contributed by atoms with Crippen molar-refractivity contribution in [2.45, 2.75) is 51.3 Å². The van der Waals surface area contributed by atoms with Crippen molar-refractivity contribution >= 4 is 6.09 Å². The van der Waals surface area contributed by atoms with E-state index in [1.807, 2.05) is 20.8 Å². The van der Waals surface area contributed by atoms with Crippen LogP contribution in [0.5, 0.6) is 0 Å². The quantitative estimate of drug-likeness (QED) is 0.688. The molecule has 4 heteroatoms. The van der Waals surface area contributed by atoms with Crippen LogP contribution in [-0.2, 0) is 4.74 Å². The second-order valence-corrected chi connectivity index (χ2v) is 5.59. The lowest BCUT2D eigenvalue weighted by molar-refractivity contribution is 0.0490. The van der Waals surface area contributed by atoms with Gasteiger partial charge in [-0.3, -0.25) is 0 Å². The second-order valence-electron chi connectivity index (χ2n) is 5.59. The molecule has 0 radical (unpaired) electrons. The molecule has 86 valence electrons. The predicted octanol–water partition coefficient (Wildman–Crippen LogP) is 1.26. The summed E-state index contributed by atoms with van der Waals surface area (Å²) in [5.74, 6) is 0.600. The standard InChI is InChI=1S/C11H20N2O2/c1-11(2,3)15-10(14)13-9-5-8-4-7(9)6-12-8/h7-9,12H,4-6H2,1-3H3,(H,13,14)/t7-,8-,9+/m0/s1. The van der Waals surface area contributed by atoms with Gasteiger partial charge in [-0.25, -0.2) is 4.79 Å². The second kappa shape index (κ2) is 3.67. The van der Waals surface area contributed by atoms with Gasteiger partial charge in [0.2, 0.25) is 0 Å². The highest BCUT2D eigenvalue weighted by molar-refractivity contribution is 5.68. The van der Waals surface area contributed by atoms with E-state index < -0.39 is 5.60 Å². The highest BCUT2D eigenvalue weighted by Crippen LogP contribution is 2.31. The zero-order chi connectivity index (χ0) is 11.1. The van der Waals surface area contributed by atoms with E-state index in [1.54, 1.807) is 0 Å². The fourth-order valence-corrected chi connectivity index (χ4v) is 2.47. The van der Waals surface area contributed by atoms with E-state index in [0.29, 0.717) is 18.0 Å². The summed E-state index contributed by atoms with van der Waals surface area (Å²) < 4.78 is 5.24. The van der Waals surface area contributed by atoms with Crippen molar-refractivity contribution in [1.29, 1.82) is 0 Å². The monoisotopic (exact) mass is 212 g/mol. The average Bonchev–Trinajstić information content (AvgIpc) is 2.60. The molecule has 2 N–H and O–H groups in total. The zero-order valence-electron chi connectivity index (χ0n) is 9.67. The lowest BCUT2D eigenvalue weighted by Crippen LogP contribution is -2.45. The first-order valence-corrected chi connectivity index (χ1v) is 5.67. The molecule has 0 aromatic rings. The summed E-state index contributed by atoms with van der Waals surface area (Å²) in [4.78, 5) is 11.5. The van der Waals surface area contributed by atoms with E-state index in [1.165, 1.54) is 6.42 Å². The number of alkyl carbamates (subject to hydrolysis) is 1. The van der Waals surface area contributed by atoms with E-state index in [9.17, 15) is 4.79 Å². The van der Waals surface area contributed by atoms with Crippen molar-refractivity contribution in [2.75, 3.05) is 6.54 Å². The number of amides is 1. The van der Waals surface area contributed by atoms with Gasteiger partial charge in [0.05, 0.1) is 0 Å². The van der Waals surface area contributed by atoms with Crippen LogP contribution in [-0.4, -0.2) is 30.3 Å². The molecular weight excluding hydrogens is 192 g/mol. The third-order valence-electron chi connectivity index (χ3n) is 3.07. The Hall–Kier alpha value is -0.770. The maximum absolute atomic E-state index is 11.5. The maximum atomic E-state index is 11.5. The number of carbonyl (C=O) groups is 1. The summed E-state index contributed by atoms with van der Waals surface area (Å²) in [6, 6.07) is 0.918. The molecule has 1 saturated heterocycles. The molecule has 1 saturated carbocycles. The number of piperidine rings is 1. The number of hydrogen-bond acceptors (Lipinski definition) is 3. The number of carbonyl (C=O) groups excluding carboxylic acids is 1. The summed E-state index contributed by atoms with van der Waals surface area (Å²) >= 11 is 0. The number of ether oxygens (including phenoxy) is 1. The molecule has 4 nitrogen and oxygen atoms in total. The average molecular weight is 212 g/mol.